The number of carbonyl (C=O) groups excluding carboxylic acids is 1. The van der Waals surface area contributed by atoms with Crippen LogP contribution in [0.3, 0.4) is 0 Å². The molecule has 132 valence electrons. The fraction of sp³-hybridized carbons (Fsp3) is 0.250. The van der Waals surface area contributed by atoms with E-state index in [4.69, 9.17) is 4.74 Å². The molecule has 4 rings (SSSR count). The molecule has 1 atom stereocenters. The lowest BCUT2D eigenvalue weighted by molar-refractivity contribution is 0.0411. The van der Waals surface area contributed by atoms with Crippen molar-refractivity contribution in [3.05, 3.63) is 81.4 Å². The number of nitrogens with zero attached hydrogens (tertiary/aromatic N) is 2. The van der Waals surface area contributed by atoms with Gasteiger partial charge in [0.05, 0.1) is 6.61 Å². The molecule has 6 heteroatoms. The zero-order valence-corrected chi connectivity index (χ0v) is 14.4. The van der Waals surface area contributed by atoms with Gasteiger partial charge in [-0.25, -0.2) is 4.98 Å². The molecule has 6 nitrogen and oxygen atoms in total. The summed E-state index contributed by atoms with van der Waals surface area (Å²) in [6.07, 6.45) is 2.00. The van der Waals surface area contributed by atoms with Crippen LogP contribution in [-0.2, 0) is 11.2 Å². The zero-order chi connectivity index (χ0) is 18.1. The largest absolute Gasteiger partial charge is 0.371 e. The second kappa shape index (κ2) is 6.72. The molecule has 3 heterocycles. The molecule has 0 fully saturated rings. The first kappa shape index (κ1) is 16.5. The van der Waals surface area contributed by atoms with Crippen LogP contribution < -0.4 is 10.9 Å². The molecule has 3 aromatic rings. The van der Waals surface area contributed by atoms with Gasteiger partial charge in [-0.2, -0.15) is 0 Å². The molecule has 1 N–H and O–H groups in total. The van der Waals surface area contributed by atoms with Crippen molar-refractivity contribution < 1.29 is 9.53 Å². The molecule has 0 aliphatic carbocycles. The highest BCUT2D eigenvalue weighted by Gasteiger charge is 2.22. The molecule has 0 saturated heterocycles. The first-order valence-electron chi connectivity index (χ1n) is 8.60. The highest BCUT2D eigenvalue weighted by molar-refractivity contribution is 5.93. The van der Waals surface area contributed by atoms with E-state index in [1.165, 1.54) is 16.2 Å². The van der Waals surface area contributed by atoms with Crippen molar-refractivity contribution in [2.45, 2.75) is 19.4 Å². The summed E-state index contributed by atoms with van der Waals surface area (Å²) in [4.78, 5) is 29.5. The molecular formula is C20H19N3O3. The number of hydrogen-bond donors (Lipinski definition) is 1. The number of rotatable bonds is 3. The summed E-state index contributed by atoms with van der Waals surface area (Å²) < 4.78 is 7.24. The van der Waals surface area contributed by atoms with E-state index < -0.39 is 5.91 Å². The topological polar surface area (TPSA) is 72.7 Å². The average molecular weight is 349 g/mol. The standard InChI is InChI=1S/C20H19N3O3/c1-13-5-4-8-18-21-11-16(20(25)23(13)18)19(24)22-12-17-15-7-3-2-6-14(15)9-10-26-17/h2-8,11,17H,9-10,12H2,1H3,(H,22,24)/t17-/m1/s1. The van der Waals surface area contributed by atoms with Crippen LogP contribution in [0.2, 0.25) is 0 Å². The Morgan fingerprint density at radius 3 is 3.00 bits per heavy atom. The normalized spacial score (nSPS) is 16.3. The van der Waals surface area contributed by atoms with Gasteiger partial charge < -0.3 is 10.1 Å². The lowest BCUT2D eigenvalue weighted by Crippen LogP contribution is -2.36. The maximum absolute atomic E-state index is 12.7. The second-order valence-electron chi connectivity index (χ2n) is 6.36. The van der Waals surface area contributed by atoms with Crippen LogP contribution in [-0.4, -0.2) is 28.4 Å². The maximum Gasteiger partial charge on any atom is 0.270 e. The maximum atomic E-state index is 12.7. The number of nitrogens with one attached hydrogen (secondary N) is 1. The summed E-state index contributed by atoms with van der Waals surface area (Å²) in [6.45, 7) is 2.74. The van der Waals surface area contributed by atoms with E-state index in [1.54, 1.807) is 6.07 Å². The van der Waals surface area contributed by atoms with Gasteiger partial charge in [0.2, 0.25) is 0 Å². The minimum Gasteiger partial charge on any atom is -0.371 e. The third-order valence-electron chi connectivity index (χ3n) is 4.71. The van der Waals surface area contributed by atoms with Gasteiger partial charge in [0.15, 0.2) is 0 Å². The second-order valence-corrected chi connectivity index (χ2v) is 6.36. The van der Waals surface area contributed by atoms with E-state index in [1.807, 2.05) is 37.3 Å². The molecule has 1 aromatic carbocycles. The van der Waals surface area contributed by atoms with Gasteiger partial charge in [0.25, 0.3) is 11.5 Å². The first-order valence-corrected chi connectivity index (χ1v) is 8.60. The smallest absolute Gasteiger partial charge is 0.270 e. The Bertz CT molecular complexity index is 1040. The van der Waals surface area contributed by atoms with Gasteiger partial charge in [-0.3, -0.25) is 14.0 Å². The van der Waals surface area contributed by atoms with E-state index in [-0.39, 0.29) is 17.2 Å². The predicted molar refractivity (Wildman–Crippen MR) is 97.4 cm³/mol. The number of pyridine rings is 1. The summed E-state index contributed by atoms with van der Waals surface area (Å²) in [5.41, 5.74) is 3.25. The quantitative estimate of drug-likeness (QED) is 0.785. The molecule has 0 unspecified atom stereocenters. The summed E-state index contributed by atoms with van der Waals surface area (Å²) in [6, 6.07) is 13.4. The summed E-state index contributed by atoms with van der Waals surface area (Å²) in [5.74, 6) is -0.438. The van der Waals surface area contributed by atoms with Crippen LogP contribution in [0.25, 0.3) is 5.65 Å². The molecule has 2 aromatic heterocycles. The van der Waals surface area contributed by atoms with Crippen molar-refractivity contribution in [1.82, 2.24) is 14.7 Å². The van der Waals surface area contributed by atoms with Crippen LogP contribution in [0.15, 0.2) is 53.5 Å². The molecule has 0 bridgehead atoms. The summed E-state index contributed by atoms with van der Waals surface area (Å²) in [7, 11) is 0. The fourth-order valence-corrected chi connectivity index (χ4v) is 3.36. The average Bonchev–Trinajstić information content (AvgIpc) is 2.66. The van der Waals surface area contributed by atoms with Crippen molar-refractivity contribution in [2.24, 2.45) is 0 Å². The van der Waals surface area contributed by atoms with Crippen molar-refractivity contribution in [3.8, 4) is 0 Å². The van der Waals surface area contributed by atoms with Gasteiger partial charge >= 0.3 is 0 Å². The number of aryl methyl sites for hydroxylation is 1. The van der Waals surface area contributed by atoms with Crippen molar-refractivity contribution in [2.75, 3.05) is 13.2 Å². The third-order valence-corrected chi connectivity index (χ3v) is 4.71. The molecule has 0 radical (unpaired) electrons. The van der Waals surface area contributed by atoms with E-state index in [9.17, 15) is 9.59 Å². The Labute approximate surface area is 150 Å². The zero-order valence-electron chi connectivity index (χ0n) is 14.4. The first-order chi connectivity index (χ1) is 12.6. The molecule has 1 aliphatic heterocycles. The number of amides is 1. The van der Waals surface area contributed by atoms with E-state index in [0.717, 1.165) is 17.7 Å². The molecule has 0 spiro atoms. The number of aromatic nitrogens is 2. The SMILES string of the molecule is Cc1cccc2ncc(C(=O)NC[C@H]3OCCc4ccccc43)c(=O)n12. The van der Waals surface area contributed by atoms with Crippen LogP contribution in [0, 0.1) is 6.92 Å². The van der Waals surface area contributed by atoms with Gasteiger partial charge in [0.1, 0.15) is 17.3 Å². The van der Waals surface area contributed by atoms with E-state index >= 15 is 0 Å². The summed E-state index contributed by atoms with van der Waals surface area (Å²) >= 11 is 0. The van der Waals surface area contributed by atoms with Gasteiger partial charge in [-0.05, 0) is 36.6 Å². The number of benzene rings is 1. The Morgan fingerprint density at radius 1 is 1.27 bits per heavy atom. The van der Waals surface area contributed by atoms with Crippen LogP contribution >= 0.6 is 0 Å². The minimum atomic E-state index is -0.438. The molecular weight excluding hydrogens is 330 g/mol. The van der Waals surface area contributed by atoms with Gasteiger partial charge in [0, 0.05) is 18.4 Å². The van der Waals surface area contributed by atoms with Crippen LogP contribution in [0.4, 0.5) is 0 Å². The number of ether oxygens (including phenoxy) is 1. The van der Waals surface area contributed by atoms with Crippen molar-refractivity contribution >= 4 is 11.6 Å². The Balaban J connectivity index is 1.57. The van der Waals surface area contributed by atoms with E-state index in [2.05, 4.69) is 16.4 Å². The minimum absolute atomic E-state index is 0.0286. The van der Waals surface area contributed by atoms with Crippen LogP contribution in [0.5, 0.6) is 0 Å². The number of fused-ring (bicyclic) bond motifs is 2. The molecule has 1 aliphatic rings. The highest BCUT2D eigenvalue weighted by atomic mass is 16.5. The highest BCUT2D eigenvalue weighted by Crippen LogP contribution is 2.26. The molecule has 1 amide bonds. The summed E-state index contributed by atoms with van der Waals surface area (Å²) in [5, 5.41) is 2.82. The predicted octanol–water partition coefficient (Wildman–Crippen LogP) is 2.05. The lowest BCUT2D eigenvalue weighted by atomic mass is 9.97. The third kappa shape index (κ3) is 2.88. The Kier molecular flexibility index (Phi) is 4.26. The van der Waals surface area contributed by atoms with Crippen molar-refractivity contribution in [1.29, 1.82) is 0 Å². The van der Waals surface area contributed by atoms with Gasteiger partial charge in [-0.1, -0.05) is 30.3 Å². The van der Waals surface area contributed by atoms with Crippen LogP contribution in [0.1, 0.15) is 33.3 Å². The van der Waals surface area contributed by atoms with Crippen molar-refractivity contribution in [3.63, 3.8) is 0 Å². The lowest BCUT2D eigenvalue weighted by Gasteiger charge is -2.26. The van der Waals surface area contributed by atoms with Gasteiger partial charge in [-0.15, -0.1) is 0 Å². The number of hydrogen-bond acceptors (Lipinski definition) is 4. The molecule has 0 saturated carbocycles. The fourth-order valence-electron chi connectivity index (χ4n) is 3.36. The number of carbonyl (C=O) groups is 1. The Hall–Kier alpha value is -2.99. The van der Waals surface area contributed by atoms with E-state index in [0.29, 0.717) is 18.8 Å². The molecule has 26 heavy (non-hydrogen) atoms. The monoisotopic (exact) mass is 349 g/mol. The Morgan fingerprint density at radius 2 is 2.12 bits per heavy atom.